The lowest BCUT2D eigenvalue weighted by Crippen LogP contribution is -2.23. The number of rotatable bonds is 6. The monoisotopic (exact) mass is 332 g/mol. The molecule has 0 radical (unpaired) electrons. The van der Waals surface area contributed by atoms with Crippen molar-refractivity contribution in [1.82, 2.24) is 4.98 Å². The van der Waals surface area contributed by atoms with Crippen molar-refractivity contribution in [2.45, 2.75) is 6.10 Å². The number of halogens is 1. The molecule has 0 amide bonds. The van der Waals surface area contributed by atoms with Crippen LogP contribution >= 0.6 is 11.3 Å². The van der Waals surface area contributed by atoms with E-state index < -0.39 is 12.8 Å². The maximum Gasteiger partial charge on any atom is 0.150 e. The van der Waals surface area contributed by atoms with Crippen molar-refractivity contribution in [3.05, 3.63) is 42.5 Å². The highest BCUT2D eigenvalue weighted by molar-refractivity contribution is 7.21. The van der Waals surface area contributed by atoms with Gasteiger partial charge in [-0.05, 0) is 42.5 Å². The molecule has 2 N–H and O–H groups in total. The van der Waals surface area contributed by atoms with Gasteiger partial charge in [0.1, 0.15) is 23.5 Å². The number of ether oxygens (including phenoxy) is 1. The molecule has 0 spiro atoms. The highest BCUT2D eigenvalue weighted by Crippen LogP contribution is 2.33. The van der Waals surface area contributed by atoms with Crippen LogP contribution in [0.25, 0.3) is 20.8 Å². The van der Waals surface area contributed by atoms with Gasteiger partial charge < -0.3 is 15.2 Å². The molecule has 0 bridgehead atoms. The maximum atomic E-state index is 12.6. The van der Waals surface area contributed by atoms with Gasteiger partial charge in [0.25, 0.3) is 0 Å². The van der Waals surface area contributed by atoms with Crippen LogP contribution < -0.4 is 10.1 Å². The van der Waals surface area contributed by atoms with Gasteiger partial charge in [-0.25, -0.2) is 9.37 Å². The predicted octanol–water partition coefficient (Wildman–Crippen LogP) is 3.71. The lowest BCUT2D eigenvalue weighted by Gasteiger charge is -2.12. The van der Waals surface area contributed by atoms with Crippen molar-refractivity contribution in [3.8, 4) is 16.3 Å². The molecule has 0 saturated carbocycles. The maximum absolute atomic E-state index is 12.6. The quantitative estimate of drug-likeness (QED) is 0.722. The van der Waals surface area contributed by atoms with E-state index in [0.717, 1.165) is 26.5 Å². The molecule has 0 aliphatic rings. The van der Waals surface area contributed by atoms with E-state index in [0.29, 0.717) is 5.75 Å². The molecule has 23 heavy (non-hydrogen) atoms. The molecule has 1 aromatic heterocycles. The van der Waals surface area contributed by atoms with Crippen molar-refractivity contribution < 1.29 is 14.2 Å². The number of aromatic nitrogens is 1. The lowest BCUT2D eigenvalue weighted by molar-refractivity contribution is 0.0933. The summed E-state index contributed by atoms with van der Waals surface area (Å²) >= 11 is 1.55. The van der Waals surface area contributed by atoms with Gasteiger partial charge in [-0.1, -0.05) is 0 Å². The average Bonchev–Trinajstić information content (AvgIpc) is 3.03. The number of hydrogen-bond donors (Lipinski definition) is 2. The third-order valence-electron chi connectivity index (χ3n) is 3.46. The number of thiazole rings is 1. The molecule has 0 saturated heterocycles. The minimum absolute atomic E-state index is 0.347. The minimum Gasteiger partial charge on any atom is -0.485 e. The van der Waals surface area contributed by atoms with Crippen molar-refractivity contribution >= 4 is 27.2 Å². The van der Waals surface area contributed by atoms with Crippen molar-refractivity contribution in [2.24, 2.45) is 0 Å². The average molecular weight is 332 g/mol. The Kier molecular flexibility index (Phi) is 4.73. The van der Waals surface area contributed by atoms with E-state index in [2.05, 4.69) is 10.3 Å². The first-order valence-corrected chi connectivity index (χ1v) is 8.07. The number of alkyl halides is 1. The Bertz CT molecular complexity index is 785. The first kappa shape index (κ1) is 15.7. The van der Waals surface area contributed by atoms with Gasteiger partial charge >= 0.3 is 0 Å². The molecule has 4 nitrogen and oxygen atoms in total. The van der Waals surface area contributed by atoms with E-state index in [1.54, 1.807) is 17.4 Å². The second-order valence-corrected chi connectivity index (χ2v) is 6.08. The fraction of sp³-hybridized carbons (Fsp3) is 0.235. The topological polar surface area (TPSA) is 54.4 Å². The van der Waals surface area contributed by atoms with Gasteiger partial charge in [-0.3, -0.25) is 0 Å². The lowest BCUT2D eigenvalue weighted by atomic mass is 10.2. The normalized spacial score (nSPS) is 12.3. The summed E-state index contributed by atoms with van der Waals surface area (Å²) in [6, 6.07) is 13.5. The van der Waals surface area contributed by atoms with Crippen molar-refractivity contribution in [1.29, 1.82) is 0 Å². The van der Waals surface area contributed by atoms with Gasteiger partial charge in [0.2, 0.25) is 0 Å². The van der Waals surface area contributed by atoms with Crippen LogP contribution in [-0.2, 0) is 0 Å². The first-order valence-electron chi connectivity index (χ1n) is 7.25. The number of fused-ring (bicyclic) bond motifs is 1. The van der Waals surface area contributed by atoms with Crippen LogP contribution in [0.5, 0.6) is 5.75 Å². The molecule has 6 heteroatoms. The van der Waals surface area contributed by atoms with Crippen LogP contribution in [0.2, 0.25) is 0 Å². The summed E-state index contributed by atoms with van der Waals surface area (Å²) < 4.78 is 19.0. The van der Waals surface area contributed by atoms with Gasteiger partial charge in [0, 0.05) is 18.3 Å². The van der Waals surface area contributed by atoms with Crippen molar-refractivity contribution in [2.75, 3.05) is 25.6 Å². The number of aliphatic hydroxyl groups excluding tert-OH is 1. The van der Waals surface area contributed by atoms with Crippen LogP contribution in [0.15, 0.2) is 42.5 Å². The number of aliphatic hydroxyl groups is 1. The molecule has 2 aromatic carbocycles. The summed E-state index contributed by atoms with van der Waals surface area (Å²) in [6.45, 7) is -1.07. The highest BCUT2D eigenvalue weighted by Gasteiger charge is 2.11. The summed E-state index contributed by atoms with van der Waals surface area (Å²) in [4.78, 5) is 4.62. The molecule has 120 valence electrons. The summed E-state index contributed by atoms with van der Waals surface area (Å²) in [5.41, 5.74) is 2.97. The third-order valence-corrected chi connectivity index (χ3v) is 4.53. The van der Waals surface area contributed by atoms with Crippen LogP contribution in [0.1, 0.15) is 0 Å². The SMILES string of the molecule is CNc1ccc(-c2nc3ccc(OC(CO)CF)cc3s2)cc1. The van der Waals surface area contributed by atoms with E-state index in [-0.39, 0.29) is 6.61 Å². The molecule has 0 aliphatic carbocycles. The standard InChI is InChI=1S/C17H17FN2O2S/c1-19-12-4-2-11(3-5-12)17-20-15-7-6-13(8-16(15)23-17)22-14(9-18)10-21/h2-8,14,19,21H,9-10H2,1H3. The fourth-order valence-corrected chi connectivity index (χ4v) is 3.19. The number of anilines is 1. The minimum atomic E-state index is -0.825. The van der Waals surface area contributed by atoms with Crippen LogP contribution in [-0.4, -0.2) is 36.5 Å². The predicted molar refractivity (Wildman–Crippen MR) is 92.1 cm³/mol. The Morgan fingerprint density at radius 1 is 1.26 bits per heavy atom. The van der Waals surface area contributed by atoms with Gasteiger partial charge in [-0.2, -0.15) is 0 Å². The molecular weight excluding hydrogens is 315 g/mol. The van der Waals surface area contributed by atoms with E-state index in [1.807, 2.05) is 43.4 Å². The summed E-state index contributed by atoms with van der Waals surface area (Å²) in [5, 5.41) is 13.0. The van der Waals surface area contributed by atoms with E-state index >= 15 is 0 Å². The summed E-state index contributed by atoms with van der Waals surface area (Å²) in [5.74, 6) is 0.537. The Morgan fingerprint density at radius 2 is 2.04 bits per heavy atom. The summed E-state index contributed by atoms with van der Waals surface area (Å²) in [6.07, 6.45) is -0.825. The van der Waals surface area contributed by atoms with Crippen molar-refractivity contribution in [3.63, 3.8) is 0 Å². The van der Waals surface area contributed by atoms with Crippen LogP contribution in [0, 0.1) is 0 Å². The van der Waals surface area contributed by atoms with Gasteiger partial charge in [-0.15, -0.1) is 11.3 Å². The number of benzene rings is 2. The molecule has 3 rings (SSSR count). The molecule has 0 aliphatic heterocycles. The van der Waals surface area contributed by atoms with E-state index in [4.69, 9.17) is 9.84 Å². The smallest absolute Gasteiger partial charge is 0.150 e. The fourth-order valence-electron chi connectivity index (χ4n) is 2.19. The third kappa shape index (κ3) is 3.43. The van der Waals surface area contributed by atoms with Gasteiger partial charge in [0.05, 0.1) is 16.8 Å². The molecule has 1 unspecified atom stereocenters. The van der Waals surface area contributed by atoms with Crippen LogP contribution in [0.4, 0.5) is 10.1 Å². The molecule has 0 fully saturated rings. The Hall–Kier alpha value is -2.18. The Morgan fingerprint density at radius 3 is 2.70 bits per heavy atom. The Labute approximate surface area is 137 Å². The van der Waals surface area contributed by atoms with Gasteiger partial charge in [0.15, 0.2) is 0 Å². The molecule has 1 heterocycles. The zero-order valence-corrected chi connectivity index (χ0v) is 13.4. The first-order chi connectivity index (χ1) is 11.2. The molecule has 1 atom stereocenters. The van der Waals surface area contributed by atoms with E-state index in [9.17, 15) is 4.39 Å². The number of nitrogens with zero attached hydrogens (tertiary/aromatic N) is 1. The van der Waals surface area contributed by atoms with Crippen LogP contribution in [0.3, 0.4) is 0 Å². The zero-order valence-electron chi connectivity index (χ0n) is 12.6. The second-order valence-electron chi connectivity index (χ2n) is 5.05. The number of hydrogen-bond acceptors (Lipinski definition) is 5. The van der Waals surface area contributed by atoms with E-state index in [1.165, 1.54) is 0 Å². The zero-order chi connectivity index (χ0) is 16.2. The molecule has 3 aromatic rings. The summed E-state index contributed by atoms with van der Waals surface area (Å²) in [7, 11) is 1.88. The second kappa shape index (κ2) is 6.93. The molecular formula is C17H17FN2O2S. The highest BCUT2D eigenvalue weighted by atomic mass is 32.1. The largest absolute Gasteiger partial charge is 0.485 e. The Balaban J connectivity index is 1.89. The number of nitrogens with one attached hydrogen (secondary N) is 1.